The molecule has 1 atom stereocenters. The third-order valence-electron chi connectivity index (χ3n) is 3.08. The maximum Gasteiger partial charge on any atom is 0.249 e. The average molecular weight is 229 g/mol. The van der Waals surface area contributed by atoms with Gasteiger partial charge >= 0.3 is 0 Å². The third kappa shape index (κ3) is 2.00. The van der Waals surface area contributed by atoms with Gasteiger partial charge in [-0.3, -0.25) is 9.59 Å². The zero-order chi connectivity index (χ0) is 12.4. The van der Waals surface area contributed by atoms with E-state index in [4.69, 9.17) is 0 Å². The second kappa shape index (κ2) is 4.53. The van der Waals surface area contributed by atoms with E-state index in [0.29, 0.717) is 11.3 Å². The van der Waals surface area contributed by atoms with E-state index in [0.717, 1.165) is 12.0 Å². The standard InChI is InChI=1S/C14H15NO2/c1-3-11(10-7-5-4-6-8-10)15-12-9(2)13(16)14(12)17/h4-8,11,15H,3H2,1-2H3/t11-/m1/s1. The van der Waals surface area contributed by atoms with Crippen LogP contribution >= 0.6 is 0 Å². The average Bonchev–Trinajstić information content (AvgIpc) is 2.39. The van der Waals surface area contributed by atoms with Gasteiger partial charge in [0, 0.05) is 5.56 Å². The number of benzene rings is 1. The van der Waals surface area contributed by atoms with Crippen molar-refractivity contribution in [1.82, 2.24) is 0 Å². The van der Waals surface area contributed by atoms with Crippen LogP contribution in [0.25, 0.3) is 0 Å². The minimum atomic E-state index is -0.392. The molecule has 17 heavy (non-hydrogen) atoms. The Bertz CT molecular complexity index is 580. The topological polar surface area (TPSA) is 46.2 Å². The van der Waals surface area contributed by atoms with Gasteiger partial charge < -0.3 is 5.32 Å². The predicted octanol–water partition coefficient (Wildman–Crippen LogP) is 2.15. The molecular formula is C14H15NO2. The molecule has 0 radical (unpaired) electrons. The molecule has 2 aromatic carbocycles. The molecule has 3 heteroatoms. The molecule has 2 rings (SSSR count). The highest BCUT2D eigenvalue weighted by atomic mass is 16.2. The lowest BCUT2D eigenvalue weighted by Gasteiger charge is -2.20. The van der Waals surface area contributed by atoms with Crippen molar-refractivity contribution in [2.45, 2.75) is 26.3 Å². The van der Waals surface area contributed by atoms with E-state index in [1.54, 1.807) is 6.92 Å². The zero-order valence-electron chi connectivity index (χ0n) is 9.99. The Morgan fingerprint density at radius 3 is 2.29 bits per heavy atom. The van der Waals surface area contributed by atoms with Gasteiger partial charge in [0.1, 0.15) is 0 Å². The quantitative estimate of drug-likeness (QED) is 0.817. The van der Waals surface area contributed by atoms with Gasteiger partial charge in [-0.25, -0.2) is 0 Å². The van der Waals surface area contributed by atoms with Crippen molar-refractivity contribution >= 4 is 5.69 Å². The normalized spacial score (nSPS) is 12.6. The molecule has 0 heterocycles. The first-order valence-electron chi connectivity index (χ1n) is 5.76. The van der Waals surface area contributed by atoms with Crippen LogP contribution in [0.15, 0.2) is 39.9 Å². The van der Waals surface area contributed by atoms with Gasteiger partial charge in [-0.05, 0) is 18.9 Å². The van der Waals surface area contributed by atoms with Crippen molar-refractivity contribution in [2.24, 2.45) is 0 Å². The summed E-state index contributed by atoms with van der Waals surface area (Å²) in [6, 6.07) is 10.0. The Kier molecular flexibility index (Phi) is 3.09. The molecule has 0 spiro atoms. The third-order valence-corrected chi connectivity index (χ3v) is 3.08. The number of nitrogens with one attached hydrogen (secondary N) is 1. The predicted molar refractivity (Wildman–Crippen MR) is 69.2 cm³/mol. The maximum atomic E-state index is 11.4. The summed E-state index contributed by atoms with van der Waals surface area (Å²) in [5, 5.41) is 3.16. The van der Waals surface area contributed by atoms with Crippen molar-refractivity contribution in [3.8, 4) is 0 Å². The van der Waals surface area contributed by atoms with Crippen LogP contribution in [0.1, 0.15) is 30.5 Å². The molecule has 0 aromatic heterocycles. The van der Waals surface area contributed by atoms with Gasteiger partial charge in [-0.15, -0.1) is 0 Å². The summed E-state index contributed by atoms with van der Waals surface area (Å²) < 4.78 is 0. The number of rotatable bonds is 4. The Morgan fingerprint density at radius 2 is 1.76 bits per heavy atom. The van der Waals surface area contributed by atoms with Crippen LogP contribution in [-0.4, -0.2) is 0 Å². The molecule has 1 N–H and O–H groups in total. The highest BCUT2D eigenvalue weighted by Gasteiger charge is 2.19. The molecule has 2 aromatic rings. The minimum absolute atomic E-state index is 0.0817. The van der Waals surface area contributed by atoms with Crippen molar-refractivity contribution in [1.29, 1.82) is 0 Å². The number of anilines is 1. The van der Waals surface area contributed by atoms with Gasteiger partial charge in [-0.1, -0.05) is 37.3 Å². The first kappa shape index (κ1) is 11.6. The molecular weight excluding hydrogens is 214 g/mol. The lowest BCUT2D eigenvalue weighted by atomic mass is 10.0. The lowest BCUT2D eigenvalue weighted by molar-refractivity contribution is 0.745. The molecule has 0 unspecified atom stereocenters. The van der Waals surface area contributed by atoms with Crippen LogP contribution < -0.4 is 16.2 Å². The van der Waals surface area contributed by atoms with Crippen LogP contribution in [-0.2, 0) is 0 Å². The summed E-state index contributed by atoms with van der Waals surface area (Å²) in [6.07, 6.45) is 0.863. The maximum absolute atomic E-state index is 11.4. The van der Waals surface area contributed by atoms with E-state index in [-0.39, 0.29) is 11.5 Å². The lowest BCUT2D eigenvalue weighted by Crippen LogP contribution is -2.37. The molecule has 0 saturated carbocycles. The molecule has 0 aliphatic heterocycles. The molecule has 0 bridgehead atoms. The van der Waals surface area contributed by atoms with Crippen LogP contribution in [0.2, 0.25) is 0 Å². The first-order valence-corrected chi connectivity index (χ1v) is 5.76. The smallest absolute Gasteiger partial charge is 0.249 e. The highest BCUT2D eigenvalue weighted by Crippen LogP contribution is 2.21. The zero-order valence-corrected chi connectivity index (χ0v) is 9.99. The fraction of sp³-hybridized carbons (Fsp3) is 0.286. The van der Waals surface area contributed by atoms with E-state index >= 15 is 0 Å². The van der Waals surface area contributed by atoms with E-state index in [9.17, 15) is 9.59 Å². The molecule has 0 aliphatic carbocycles. The summed E-state index contributed by atoms with van der Waals surface area (Å²) in [5.41, 5.74) is 1.39. The largest absolute Gasteiger partial charge is 0.375 e. The summed E-state index contributed by atoms with van der Waals surface area (Å²) in [6.45, 7) is 3.73. The second-order valence-corrected chi connectivity index (χ2v) is 4.17. The number of hydrogen-bond donors (Lipinski definition) is 1. The Balaban J connectivity index is 2.23. The first-order chi connectivity index (χ1) is 8.15. The van der Waals surface area contributed by atoms with Crippen LogP contribution in [0.5, 0.6) is 0 Å². The SMILES string of the molecule is CC[C@@H](Nc1c(C)c(=O)c1=O)c1ccccc1. The van der Waals surface area contributed by atoms with Crippen LogP contribution in [0, 0.1) is 6.92 Å². The fourth-order valence-electron chi connectivity index (χ4n) is 1.96. The van der Waals surface area contributed by atoms with Gasteiger partial charge in [-0.2, -0.15) is 0 Å². The van der Waals surface area contributed by atoms with E-state index < -0.39 is 5.43 Å². The summed E-state index contributed by atoms with van der Waals surface area (Å²) >= 11 is 0. The molecule has 0 saturated heterocycles. The second-order valence-electron chi connectivity index (χ2n) is 4.17. The van der Waals surface area contributed by atoms with Gasteiger partial charge in [0.2, 0.25) is 10.9 Å². The molecule has 0 amide bonds. The minimum Gasteiger partial charge on any atom is -0.375 e. The van der Waals surface area contributed by atoms with Gasteiger partial charge in [0.05, 0.1) is 11.7 Å². The fourth-order valence-corrected chi connectivity index (χ4v) is 1.96. The molecule has 0 aliphatic rings. The molecule has 88 valence electrons. The molecule has 0 fully saturated rings. The van der Waals surface area contributed by atoms with Crippen molar-refractivity contribution in [3.63, 3.8) is 0 Å². The van der Waals surface area contributed by atoms with Crippen molar-refractivity contribution in [3.05, 3.63) is 61.9 Å². The highest BCUT2D eigenvalue weighted by molar-refractivity contribution is 5.56. The van der Waals surface area contributed by atoms with Crippen molar-refractivity contribution in [2.75, 3.05) is 5.32 Å². The summed E-state index contributed by atoms with van der Waals surface area (Å²) in [4.78, 5) is 22.5. The number of hydrogen-bond acceptors (Lipinski definition) is 3. The Labute approximate surface area is 99.8 Å². The van der Waals surface area contributed by atoms with E-state index in [1.165, 1.54) is 0 Å². The Morgan fingerprint density at radius 1 is 1.12 bits per heavy atom. The van der Waals surface area contributed by atoms with Crippen molar-refractivity contribution < 1.29 is 0 Å². The van der Waals surface area contributed by atoms with E-state index in [1.807, 2.05) is 37.3 Å². The van der Waals surface area contributed by atoms with Crippen LogP contribution in [0.4, 0.5) is 5.69 Å². The monoisotopic (exact) mass is 229 g/mol. The summed E-state index contributed by atoms with van der Waals surface area (Å²) in [5.74, 6) is 0. The van der Waals surface area contributed by atoms with E-state index in [2.05, 4.69) is 5.32 Å². The van der Waals surface area contributed by atoms with Gasteiger partial charge in [0.15, 0.2) is 0 Å². The van der Waals surface area contributed by atoms with Gasteiger partial charge in [0.25, 0.3) is 0 Å². The molecule has 3 nitrogen and oxygen atoms in total. The van der Waals surface area contributed by atoms with Crippen LogP contribution in [0.3, 0.4) is 0 Å². The Hall–Kier alpha value is -1.90. The summed E-state index contributed by atoms with van der Waals surface area (Å²) in [7, 11) is 0.